The Balaban J connectivity index is 2.79. The minimum Gasteiger partial charge on any atom is -0.330 e. The normalized spacial score (nSPS) is 12.9. The van der Waals surface area contributed by atoms with Gasteiger partial charge in [-0.05, 0) is 25.5 Å². The van der Waals surface area contributed by atoms with Gasteiger partial charge in [0.2, 0.25) is 0 Å². The van der Waals surface area contributed by atoms with Gasteiger partial charge in [0, 0.05) is 11.6 Å². The van der Waals surface area contributed by atoms with Gasteiger partial charge in [0.1, 0.15) is 5.82 Å². The Morgan fingerprint density at radius 3 is 2.79 bits per heavy atom. The monoisotopic (exact) mass is 216 g/mol. The molecule has 1 aromatic carbocycles. The van der Waals surface area contributed by atoms with Crippen LogP contribution in [0.3, 0.4) is 0 Å². The van der Waals surface area contributed by atoms with E-state index in [1.807, 2.05) is 0 Å². The maximum Gasteiger partial charge on any atom is 0.146 e. The van der Waals surface area contributed by atoms with E-state index in [1.54, 1.807) is 12.1 Å². The van der Waals surface area contributed by atoms with Crippen LogP contribution in [0.15, 0.2) is 18.2 Å². The quantitative estimate of drug-likeness (QED) is 0.811. The van der Waals surface area contributed by atoms with Crippen molar-refractivity contribution < 1.29 is 4.39 Å². The van der Waals surface area contributed by atoms with Crippen LogP contribution >= 0.6 is 11.6 Å². The number of hydrogen-bond donors (Lipinski definition) is 2. The lowest BCUT2D eigenvalue weighted by atomic mass is 10.0. The van der Waals surface area contributed by atoms with E-state index in [-0.39, 0.29) is 11.1 Å². The van der Waals surface area contributed by atoms with E-state index >= 15 is 0 Å². The lowest BCUT2D eigenvalue weighted by Crippen LogP contribution is -2.14. The Kier molecular flexibility index (Phi) is 4.32. The number of rotatable bonds is 4. The molecule has 0 radical (unpaired) electrons. The van der Waals surface area contributed by atoms with Crippen molar-refractivity contribution in [1.82, 2.24) is 0 Å². The highest BCUT2D eigenvalue weighted by Gasteiger charge is 2.12. The van der Waals surface area contributed by atoms with Crippen LogP contribution in [0.4, 0.5) is 4.39 Å². The topological polar surface area (TPSA) is 52.0 Å². The predicted molar refractivity (Wildman–Crippen MR) is 56.6 cm³/mol. The van der Waals surface area contributed by atoms with Gasteiger partial charge in [0.25, 0.3) is 0 Å². The SMILES string of the molecule is NCCC[C@@H](N)c1cccc(Cl)c1F. The molecule has 0 aliphatic heterocycles. The molecule has 4 heteroatoms. The van der Waals surface area contributed by atoms with Gasteiger partial charge in [0.05, 0.1) is 5.02 Å². The van der Waals surface area contributed by atoms with E-state index in [0.717, 1.165) is 6.42 Å². The highest BCUT2D eigenvalue weighted by Crippen LogP contribution is 2.24. The molecule has 0 heterocycles. The van der Waals surface area contributed by atoms with Crippen molar-refractivity contribution in [3.8, 4) is 0 Å². The number of hydrogen-bond acceptors (Lipinski definition) is 2. The van der Waals surface area contributed by atoms with Crippen LogP contribution < -0.4 is 11.5 Å². The van der Waals surface area contributed by atoms with E-state index in [1.165, 1.54) is 6.07 Å². The van der Waals surface area contributed by atoms with Gasteiger partial charge in [-0.2, -0.15) is 0 Å². The van der Waals surface area contributed by atoms with Crippen molar-refractivity contribution in [2.24, 2.45) is 11.5 Å². The molecular weight excluding hydrogens is 203 g/mol. The van der Waals surface area contributed by atoms with Crippen LogP contribution in [0.5, 0.6) is 0 Å². The molecule has 0 saturated heterocycles. The fourth-order valence-electron chi connectivity index (χ4n) is 1.30. The first-order valence-corrected chi connectivity index (χ1v) is 4.94. The summed E-state index contributed by atoms with van der Waals surface area (Å²) in [5.74, 6) is -0.418. The van der Waals surface area contributed by atoms with Crippen LogP contribution in [-0.4, -0.2) is 6.54 Å². The fraction of sp³-hybridized carbons (Fsp3) is 0.400. The summed E-state index contributed by atoms with van der Waals surface area (Å²) in [5, 5.41) is 0.116. The van der Waals surface area contributed by atoms with Crippen molar-refractivity contribution in [1.29, 1.82) is 0 Å². The lowest BCUT2D eigenvalue weighted by molar-refractivity contribution is 0.554. The highest BCUT2D eigenvalue weighted by atomic mass is 35.5. The second-order valence-electron chi connectivity index (χ2n) is 3.18. The molecule has 0 aliphatic carbocycles. The molecule has 0 amide bonds. The second-order valence-corrected chi connectivity index (χ2v) is 3.59. The van der Waals surface area contributed by atoms with Crippen molar-refractivity contribution >= 4 is 11.6 Å². The molecule has 0 fully saturated rings. The van der Waals surface area contributed by atoms with E-state index in [9.17, 15) is 4.39 Å². The number of nitrogens with two attached hydrogens (primary N) is 2. The summed E-state index contributed by atoms with van der Waals surface area (Å²) < 4.78 is 13.4. The molecule has 0 spiro atoms. The molecule has 0 unspecified atom stereocenters. The fourth-order valence-corrected chi connectivity index (χ4v) is 1.48. The molecule has 78 valence electrons. The third kappa shape index (κ3) is 2.67. The van der Waals surface area contributed by atoms with Crippen LogP contribution in [0, 0.1) is 5.82 Å². The zero-order valence-electron chi connectivity index (χ0n) is 7.84. The van der Waals surface area contributed by atoms with Crippen LogP contribution in [-0.2, 0) is 0 Å². The molecule has 14 heavy (non-hydrogen) atoms. The number of halogens is 2. The standard InChI is InChI=1S/C10H14ClFN2/c11-8-4-1-3-7(10(8)12)9(14)5-2-6-13/h1,3-4,9H,2,5-6,13-14H2/t9-/m1/s1. The Morgan fingerprint density at radius 1 is 1.43 bits per heavy atom. The first-order chi connectivity index (χ1) is 6.66. The van der Waals surface area contributed by atoms with Crippen LogP contribution in [0.25, 0.3) is 0 Å². The van der Waals surface area contributed by atoms with Crippen molar-refractivity contribution in [2.45, 2.75) is 18.9 Å². The summed E-state index contributed by atoms with van der Waals surface area (Å²) in [7, 11) is 0. The van der Waals surface area contributed by atoms with E-state index < -0.39 is 5.82 Å². The van der Waals surface area contributed by atoms with Crippen molar-refractivity contribution in [3.05, 3.63) is 34.6 Å². The first-order valence-electron chi connectivity index (χ1n) is 4.56. The molecule has 2 nitrogen and oxygen atoms in total. The van der Waals surface area contributed by atoms with E-state index in [4.69, 9.17) is 23.1 Å². The molecule has 1 atom stereocenters. The van der Waals surface area contributed by atoms with E-state index in [2.05, 4.69) is 0 Å². The maximum absolute atomic E-state index is 13.4. The molecule has 0 aliphatic rings. The average Bonchev–Trinajstić information content (AvgIpc) is 2.18. The van der Waals surface area contributed by atoms with Crippen molar-refractivity contribution in [3.63, 3.8) is 0 Å². The molecule has 0 saturated carbocycles. The Labute approximate surface area is 88.0 Å². The molecule has 4 N–H and O–H groups in total. The van der Waals surface area contributed by atoms with Gasteiger partial charge in [0.15, 0.2) is 0 Å². The predicted octanol–water partition coefficient (Wildman–Crippen LogP) is 2.22. The zero-order chi connectivity index (χ0) is 10.6. The molecule has 1 rings (SSSR count). The average molecular weight is 217 g/mol. The Morgan fingerprint density at radius 2 is 2.14 bits per heavy atom. The smallest absolute Gasteiger partial charge is 0.146 e. The molecular formula is C10H14ClFN2. The summed E-state index contributed by atoms with van der Waals surface area (Å²) >= 11 is 5.64. The first kappa shape index (κ1) is 11.4. The number of benzene rings is 1. The minimum atomic E-state index is -0.418. The van der Waals surface area contributed by atoms with Gasteiger partial charge >= 0.3 is 0 Å². The van der Waals surface area contributed by atoms with Gasteiger partial charge < -0.3 is 11.5 Å². The zero-order valence-corrected chi connectivity index (χ0v) is 8.60. The summed E-state index contributed by atoms with van der Waals surface area (Å²) in [5.41, 5.74) is 11.6. The van der Waals surface area contributed by atoms with Crippen LogP contribution in [0.2, 0.25) is 5.02 Å². The van der Waals surface area contributed by atoms with Crippen LogP contribution in [0.1, 0.15) is 24.4 Å². The Bertz CT molecular complexity index is 304. The van der Waals surface area contributed by atoms with Gasteiger partial charge in [-0.25, -0.2) is 4.39 Å². The lowest BCUT2D eigenvalue weighted by Gasteiger charge is -2.12. The maximum atomic E-state index is 13.4. The summed E-state index contributed by atoms with van der Waals surface area (Å²) in [6.45, 7) is 0.565. The molecule has 0 bridgehead atoms. The second kappa shape index (κ2) is 5.29. The minimum absolute atomic E-state index is 0.116. The Hall–Kier alpha value is -0.640. The molecule has 1 aromatic rings. The highest BCUT2D eigenvalue weighted by molar-refractivity contribution is 6.30. The van der Waals surface area contributed by atoms with E-state index in [0.29, 0.717) is 18.5 Å². The summed E-state index contributed by atoms with van der Waals surface area (Å²) in [6.07, 6.45) is 1.46. The summed E-state index contributed by atoms with van der Waals surface area (Å²) in [4.78, 5) is 0. The molecule has 0 aromatic heterocycles. The van der Waals surface area contributed by atoms with Gasteiger partial charge in [-0.3, -0.25) is 0 Å². The van der Waals surface area contributed by atoms with Gasteiger partial charge in [-0.15, -0.1) is 0 Å². The summed E-state index contributed by atoms with van der Waals surface area (Å²) in [6, 6.07) is 4.54. The largest absolute Gasteiger partial charge is 0.330 e. The van der Waals surface area contributed by atoms with Crippen molar-refractivity contribution in [2.75, 3.05) is 6.54 Å². The third-order valence-corrected chi connectivity index (χ3v) is 2.39. The third-order valence-electron chi connectivity index (χ3n) is 2.10. The van der Waals surface area contributed by atoms with Gasteiger partial charge in [-0.1, -0.05) is 23.7 Å².